The maximum Gasteiger partial charge on any atom is 0.310 e. The van der Waals surface area contributed by atoms with Crippen molar-refractivity contribution in [3.8, 4) is 0 Å². The lowest BCUT2D eigenvalue weighted by molar-refractivity contribution is -0.145. The third kappa shape index (κ3) is 5.50. The van der Waals surface area contributed by atoms with Gasteiger partial charge in [-0.25, -0.2) is 0 Å². The monoisotopic (exact) mass is 355 g/mol. The van der Waals surface area contributed by atoms with Crippen LogP contribution in [0.15, 0.2) is 28.7 Å². The van der Waals surface area contributed by atoms with E-state index in [1.165, 1.54) is 7.11 Å². The van der Waals surface area contributed by atoms with Gasteiger partial charge in [-0.05, 0) is 24.6 Å². The van der Waals surface area contributed by atoms with E-state index in [4.69, 9.17) is 4.74 Å². The zero-order chi connectivity index (χ0) is 15.8. The Hall–Kier alpha value is -1.36. The molecule has 0 bridgehead atoms. The minimum absolute atomic E-state index is 0.0551. The van der Waals surface area contributed by atoms with E-state index in [9.17, 15) is 9.59 Å². The summed E-state index contributed by atoms with van der Waals surface area (Å²) in [4.78, 5) is 25.9. The molecule has 116 valence electrons. The SMILES string of the molecule is CCCCN(CC(C)C(=O)OC)C(=O)c1cccc(Br)c1. The van der Waals surface area contributed by atoms with Gasteiger partial charge in [-0.2, -0.15) is 0 Å². The fourth-order valence-electron chi connectivity index (χ4n) is 2.04. The Morgan fingerprint density at radius 2 is 2.10 bits per heavy atom. The molecule has 0 fully saturated rings. The Bertz CT molecular complexity index is 490. The van der Waals surface area contributed by atoms with E-state index in [-0.39, 0.29) is 17.8 Å². The summed E-state index contributed by atoms with van der Waals surface area (Å²) in [6.07, 6.45) is 1.91. The molecule has 1 amide bonds. The van der Waals surface area contributed by atoms with Crippen LogP contribution < -0.4 is 0 Å². The Balaban J connectivity index is 2.85. The fraction of sp³-hybridized carbons (Fsp3) is 0.500. The second kappa shape index (κ2) is 8.82. The zero-order valence-corrected chi connectivity index (χ0v) is 14.4. The summed E-state index contributed by atoms with van der Waals surface area (Å²) in [5.74, 6) is -0.679. The number of methoxy groups -OCH3 is 1. The summed E-state index contributed by atoms with van der Waals surface area (Å²) < 4.78 is 5.60. The van der Waals surface area contributed by atoms with Crippen molar-refractivity contribution in [2.24, 2.45) is 5.92 Å². The largest absolute Gasteiger partial charge is 0.469 e. The highest BCUT2D eigenvalue weighted by atomic mass is 79.9. The number of benzene rings is 1. The molecule has 1 aromatic carbocycles. The van der Waals surface area contributed by atoms with E-state index in [0.29, 0.717) is 18.7 Å². The predicted molar refractivity (Wildman–Crippen MR) is 86.1 cm³/mol. The second-order valence-corrected chi connectivity index (χ2v) is 5.95. The summed E-state index contributed by atoms with van der Waals surface area (Å²) in [7, 11) is 1.37. The van der Waals surface area contributed by atoms with E-state index in [0.717, 1.165) is 17.3 Å². The molecular weight excluding hydrogens is 334 g/mol. The first kappa shape index (κ1) is 17.7. The number of amides is 1. The Kier molecular flexibility index (Phi) is 7.43. The van der Waals surface area contributed by atoms with Crippen LogP contribution in [-0.4, -0.2) is 37.0 Å². The van der Waals surface area contributed by atoms with Crippen molar-refractivity contribution in [3.05, 3.63) is 34.3 Å². The van der Waals surface area contributed by atoms with Crippen LogP contribution >= 0.6 is 15.9 Å². The van der Waals surface area contributed by atoms with Gasteiger partial charge in [0.15, 0.2) is 0 Å². The molecule has 0 saturated carbocycles. The molecule has 0 aliphatic heterocycles. The molecule has 1 atom stereocenters. The van der Waals surface area contributed by atoms with Crippen LogP contribution in [0.25, 0.3) is 0 Å². The fourth-order valence-corrected chi connectivity index (χ4v) is 2.43. The topological polar surface area (TPSA) is 46.6 Å². The van der Waals surface area contributed by atoms with Crippen LogP contribution in [0.1, 0.15) is 37.0 Å². The van der Waals surface area contributed by atoms with Gasteiger partial charge in [0.25, 0.3) is 5.91 Å². The molecule has 0 aliphatic rings. The standard InChI is InChI=1S/C16H22BrNO3/c1-4-5-9-18(11-12(2)16(20)21-3)15(19)13-7-6-8-14(17)10-13/h6-8,10,12H,4-5,9,11H2,1-3H3. The molecule has 5 heteroatoms. The zero-order valence-electron chi connectivity index (χ0n) is 12.8. The summed E-state index contributed by atoms with van der Waals surface area (Å²) in [5.41, 5.74) is 0.623. The van der Waals surface area contributed by atoms with Gasteiger partial charge in [0.2, 0.25) is 0 Å². The number of hydrogen-bond donors (Lipinski definition) is 0. The average molecular weight is 356 g/mol. The van der Waals surface area contributed by atoms with Crippen LogP contribution in [0.2, 0.25) is 0 Å². The lowest BCUT2D eigenvalue weighted by Crippen LogP contribution is -2.38. The van der Waals surface area contributed by atoms with Crippen molar-refractivity contribution in [1.29, 1.82) is 0 Å². The van der Waals surface area contributed by atoms with Crippen LogP contribution in [-0.2, 0) is 9.53 Å². The number of esters is 1. The van der Waals surface area contributed by atoms with Crippen molar-refractivity contribution in [1.82, 2.24) is 4.90 Å². The van der Waals surface area contributed by atoms with Gasteiger partial charge >= 0.3 is 5.97 Å². The summed E-state index contributed by atoms with van der Waals surface area (Å²) in [5, 5.41) is 0. The van der Waals surface area contributed by atoms with E-state index in [1.54, 1.807) is 24.0 Å². The first-order chi connectivity index (χ1) is 9.99. The number of carbonyl (C=O) groups excluding carboxylic acids is 2. The normalized spacial score (nSPS) is 11.8. The van der Waals surface area contributed by atoms with Gasteiger partial charge in [-0.15, -0.1) is 0 Å². The highest BCUT2D eigenvalue weighted by Crippen LogP contribution is 2.15. The van der Waals surface area contributed by atoms with Crippen LogP contribution in [0.4, 0.5) is 0 Å². The lowest BCUT2D eigenvalue weighted by atomic mass is 10.1. The van der Waals surface area contributed by atoms with Gasteiger partial charge in [-0.1, -0.05) is 42.3 Å². The number of unbranched alkanes of at least 4 members (excludes halogenated alkanes) is 1. The Labute approximate surface area is 134 Å². The molecule has 1 unspecified atom stereocenters. The van der Waals surface area contributed by atoms with Gasteiger partial charge in [0.1, 0.15) is 0 Å². The van der Waals surface area contributed by atoms with Crippen molar-refractivity contribution in [2.45, 2.75) is 26.7 Å². The van der Waals surface area contributed by atoms with E-state index in [1.807, 2.05) is 12.1 Å². The van der Waals surface area contributed by atoms with E-state index >= 15 is 0 Å². The van der Waals surface area contributed by atoms with Gasteiger partial charge in [0, 0.05) is 23.1 Å². The molecule has 0 N–H and O–H groups in total. The molecule has 0 aromatic heterocycles. The minimum atomic E-state index is -0.331. The molecule has 0 heterocycles. The van der Waals surface area contributed by atoms with Gasteiger partial charge in [0.05, 0.1) is 13.0 Å². The number of carbonyl (C=O) groups is 2. The van der Waals surface area contributed by atoms with Crippen molar-refractivity contribution >= 4 is 27.8 Å². The highest BCUT2D eigenvalue weighted by Gasteiger charge is 2.22. The molecule has 0 radical (unpaired) electrons. The number of hydrogen-bond acceptors (Lipinski definition) is 3. The van der Waals surface area contributed by atoms with Crippen LogP contribution in [0.3, 0.4) is 0 Å². The summed E-state index contributed by atoms with van der Waals surface area (Å²) in [6.45, 7) is 4.87. The molecule has 0 spiro atoms. The number of nitrogens with zero attached hydrogens (tertiary/aromatic N) is 1. The quantitative estimate of drug-likeness (QED) is 0.703. The number of halogens is 1. The molecule has 21 heavy (non-hydrogen) atoms. The molecule has 0 aliphatic carbocycles. The van der Waals surface area contributed by atoms with Gasteiger partial charge in [-0.3, -0.25) is 9.59 Å². The number of rotatable bonds is 7. The average Bonchev–Trinajstić information content (AvgIpc) is 2.49. The molecular formula is C16H22BrNO3. The summed E-state index contributed by atoms with van der Waals surface area (Å²) in [6, 6.07) is 7.29. The predicted octanol–water partition coefficient (Wildman–Crippen LogP) is 3.50. The third-order valence-electron chi connectivity index (χ3n) is 3.24. The highest BCUT2D eigenvalue weighted by molar-refractivity contribution is 9.10. The van der Waals surface area contributed by atoms with Crippen molar-refractivity contribution < 1.29 is 14.3 Å². The maximum absolute atomic E-state index is 12.6. The number of ether oxygens (including phenoxy) is 1. The van der Waals surface area contributed by atoms with Crippen LogP contribution in [0.5, 0.6) is 0 Å². The maximum atomic E-state index is 12.6. The van der Waals surface area contributed by atoms with Crippen molar-refractivity contribution in [2.75, 3.05) is 20.2 Å². The second-order valence-electron chi connectivity index (χ2n) is 5.04. The third-order valence-corrected chi connectivity index (χ3v) is 3.73. The minimum Gasteiger partial charge on any atom is -0.469 e. The first-order valence-electron chi connectivity index (χ1n) is 7.12. The molecule has 0 saturated heterocycles. The summed E-state index contributed by atoms with van der Waals surface area (Å²) >= 11 is 3.37. The van der Waals surface area contributed by atoms with Gasteiger partial charge < -0.3 is 9.64 Å². The molecule has 1 rings (SSSR count). The van der Waals surface area contributed by atoms with E-state index < -0.39 is 0 Å². The van der Waals surface area contributed by atoms with Crippen molar-refractivity contribution in [3.63, 3.8) is 0 Å². The molecule has 1 aromatic rings. The molecule has 4 nitrogen and oxygen atoms in total. The Morgan fingerprint density at radius 3 is 2.67 bits per heavy atom. The van der Waals surface area contributed by atoms with Crippen LogP contribution in [0, 0.1) is 5.92 Å². The van der Waals surface area contributed by atoms with E-state index in [2.05, 4.69) is 22.9 Å². The lowest BCUT2D eigenvalue weighted by Gasteiger charge is -2.25. The Morgan fingerprint density at radius 1 is 1.38 bits per heavy atom. The smallest absolute Gasteiger partial charge is 0.310 e. The first-order valence-corrected chi connectivity index (χ1v) is 7.91.